The average molecular weight is 409 g/mol. The summed E-state index contributed by atoms with van der Waals surface area (Å²) in [6, 6.07) is 3.58. The van der Waals surface area contributed by atoms with Gasteiger partial charge in [0.1, 0.15) is 17.2 Å². The second-order valence-electron chi connectivity index (χ2n) is 6.44. The minimum absolute atomic E-state index is 0. The highest BCUT2D eigenvalue weighted by atomic mass is 35.5. The van der Waals surface area contributed by atoms with Crippen LogP contribution in [0.15, 0.2) is 12.1 Å². The largest absolute Gasteiger partial charge is 0.508 e. The van der Waals surface area contributed by atoms with Crippen LogP contribution in [0.4, 0.5) is 0 Å². The number of benzene rings is 1. The van der Waals surface area contributed by atoms with Gasteiger partial charge in [0.15, 0.2) is 0 Å². The lowest BCUT2D eigenvalue weighted by molar-refractivity contribution is 0.0199. The summed E-state index contributed by atoms with van der Waals surface area (Å²) >= 11 is 0. The van der Waals surface area contributed by atoms with Gasteiger partial charge in [-0.1, -0.05) is 0 Å². The Balaban J connectivity index is 0.00000169. The van der Waals surface area contributed by atoms with Crippen LogP contribution >= 0.6 is 24.8 Å². The number of hydrogen-bond acceptors (Lipinski definition) is 6. The predicted molar refractivity (Wildman–Crippen MR) is 106 cm³/mol. The number of methoxy groups -OCH3 is 2. The highest BCUT2D eigenvalue weighted by molar-refractivity contribution is 5.85. The number of phenolic OH excluding ortho intramolecular Hbond substituents is 1. The molecular weight excluding hydrogens is 379 g/mol. The molecule has 0 unspecified atom stereocenters. The van der Waals surface area contributed by atoms with Crippen molar-refractivity contribution in [2.75, 3.05) is 53.6 Å². The zero-order chi connectivity index (χ0) is 16.9. The zero-order valence-electron chi connectivity index (χ0n) is 15.4. The van der Waals surface area contributed by atoms with E-state index in [9.17, 15) is 5.11 Å². The number of phenols is 1. The number of piperazine rings is 1. The van der Waals surface area contributed by atoms with Gasteiger partial charge in [-0.15, -0.1) is 24.8 Å². The summed E-state index contributed by atoms with van der Waals surface area (Å²) in [6.45, 7) is 5.57. The average Bonchev–Trinajstić information content (AvgIpc) is 2.64. The summed E-state index contributed by atoms with van der Waals surface area (Å²) in [5, 5.41) is 13.4. The molecular formula is C18H30Cl2N2O4. The van der Waals surface area contributed by atoms with Crippen LogP contribution in [0.25, 0.3) is 0 Å². The van der Waals surface area contributed by atoms with Crippen molar-refractivity contribution in [1.82, 2.24) is 10.2 Å². The van der Waals surface area contributed by atoms with E-state index in [0.29, 0.717) is 17.4 Å². The van der Waals surface area contributed by atoms with Crippen LogP contribution in [0, 0.1) is 5.92 Å². The van der Waals surface area contributed by atoms with Gasteiger partial charge in [-0.05, 0) is 18.8 Å². The predicted octanol–water partition coefficient (Wildman–Crippen LogP) is 2.63. The van der Waals surface area contributed by atoms with E-state index in [1.807, 2.05) is 0 Å². The summed E-state index contributed by atoms with van der Waals surface area (Å²) in [7, 11) is 3.30. The number of halogens is 2. The van der Waals surface area contributed by atoms with Crippen LogP contribution < -0.4 is 14.8 Å². The highest BCUT2D eigenvalue weighted by Crippen LogP contribution is 2.45. The molecule has 1 aromatic carbocycles. The van der Waals surface area contributed by atoms with Gasteiger partial charge < -0.3 is 24.6 Å². The summed E-state index contributed by atoms with van der Waals surface area (Å²) in [4.78, 5) is 2.52. The number of aromatic hydroxyl groups is 1. The highest BCUT2D eigenvalue weighted by Gasteiger charge is 2.35. The van der Waals surface area contributed by atoms with E-state index in [1.54, 1.807) is 26.4 Å². The van der Waals surface area contributed by atoms with E-state index in [2.05, 4.69) is 10.2 Å². The normalized spacial score (nSPS) is 19.8. The van der Waals surface area contributed by atoms with Gasteiger partial charge in [-0.25, -0.2) is 0 Å². The minimum Gasteiger partial charge on any atom is -0.508 e. The fourth-order valence-corrected chi connectivity index (χ4v) is 3.92. The number of hydrogen-bond donors (Lipinski definition) is 2. The molecule has 2 aliphatic rings. The van der Waals surface area contributed by atoms with Crippen molar-refractivity contribution in [1.29, 1.82) is 0 Å². The molecule has 2 aliphatic heterocycles. The summed E-state index contributed by atoms with van der Waals surface area (Å²) < 4.78 is 16.8. The molecule has 2 heterocycles. The van der Waals surface area contributed by atoms with Crippen LogP contribution in [0.5, 0.6) is 17.2 Å². The molecule has 0 bridgehead atoms. The molecule has 2 saturated heterocycles. The Morgan fingerprint density at radius 2 is 1.62 bits per heavy atom. The Labute approximate surface area is 168 Å². The minimum atomic E-state index is 0. The molecule has 2 fully saturated rings. The summed E-state index contributed by atoms with van der Waals surface area (Å²) in [5.74, 6) is 2.05. The lowest BCUT2D eigenvalue weighted by Crippen LogP contribution is -2.47. The van der Waals surface area contributed by atoms with Crippen LogP contribution in [0.3, 0.4) is 0 Å². The quantitative estimate of drug-likeness (QED) is 0.780. The zero-order valence-corrected chi connectivity index (χ0v) is 17.0. The SMILES string of the molecule is COc1cc(O)cc(OC)c1[C@@H](C1CCOCC1)N1CCNCC1.Cl.Cl. The van der Waals surface area contributed by atoms with Gasteiger partial charge in [-0.2, -0.15) is 0 Å². The number of ether oxygens (including phenoxy) is 3. The van der Waals surface area contributed by atoms with Gasteiger partial charge in [0.05, 0.1) is 19.8 Å². The van der Waals surface area contributed by atoms with E-state index >= 15 is 0 Å². The molecule has 2 N–H and O–H groups in total. The second kappa shape index (κ2) is 11.0. The van der Waals surface area contributed by atoms with Crippen molar-refractivity contribution in [2.45, 2.75) is 18.9 Å². The van der Waals surface area contributed by atoms with Crippen LogP contribution in [-0.2, 0) is 4.74 Å². The van der Waals surface area contributed by atoms with Crippen molar-refractivity contribution in [3.8, 4) is 17.2 Å². The standard InChI is InChI=1S/C18H28N2O4.2ClH/c1-22-15-11-14(21)12-16(23-2)17(15)18(13-3-9-24-10-4-13)20-7-5-19-6-8-20;;/h11-13,18-19,21H,3-10H2,1-2H3;2*1H/t18-;;/m1../s1. The monoisotopic (exact) mass is 408 g/mol. The van der Waals surface area contributed by atoms with Crippen molar-refractivity contribution < 1.29 is 19.3 Å². The van der Waals surface area contributed by atoms with Crippen LogP contribution in [0.1, 0.15) is 24.4 Å². The van der Waals surface area contributed by atoms with E-state index in [-0.39, 0.29) is 36.6 Å². The molecule has 8 heteroatoms. The van der Waals surface area contributed by atoms with Crippen LogP contribution in [0.2, 0.25) is 0 Å². The maximum atomic E-state index is 9.98. The van der Waals surface area contributed by atoms with E-state index in [1.165, 1.54) is 0 Å². The molecule has 150 valence electrons. The lowest BCUT2D eigenvalue weighted by Gasteiger charge is -2.41. The molecule has 3 rings (SSSR count). The molecule has 0 spiro atoms. The Morgan fingerprint density at radius 3 is 2.12 bits per heavy atom. The fourth-order valence-electron chi connectivity index (χ4n) is 3.92. The first-order valence-electron chi connectivity index (χ1n) is 8.72. The summed E-state index contributed by atoms with van der Waals surface area (Å²) in [5.41, 5.74) is 1.05. The third kappa shape index (κ3) is 5.08. The van der Waals surface area contributed by atoms with E-state index in [4.69, 9.17) is 14.2 Å². The molecule has 0 amide bonds. The van der Waals surface area contributed by atoms with Crippen molar-refractivity contribution in [3.63, 3.8) is 0 Å². The molecule has 0 saturated carbocycles. The lowest BCUT2D eigenvalue weighted by atomic mass is 9.84. The maximum absolute atomic E-state index is 9.98. The van der Waals surface area contributed by atoms with Gasteiger partial charge in [0, 0.05) is 57.6 Å². The Hall–Kier alpha value is -0.920. The van der Waals surface area contributed by atoms with Gasteiger partial charge in [-0.3, -0.25) is 4.90 Å². The maximum Gasteiger partial charge on any atom is 0.131 e. The smallest absolute Gasteiger partial charge is 0.131 e. The van der Waals surface area contributed by atoms with Gasteiger partial charge >= 0.3 is 0 Å². The first kappa shape index (κ1) is 23.1. The second-order valence-corrected chi connectivity index (χ2v) is 6.44. The summed E-state index contributed by atoms with van der Waals surface area (Å²) in [6.07, 6.45) is 2.06. The number of nitrogens with one attached hydrogen (secondary N) is 1. The molecule has 0 aromatic heterocycles. The first-order chi connectivity index (χ1) is 11.7. The molecule has 26 heavy (non-hydrogen) atoms. The van der Waals surface area contributed by atoms with Gasteiger partial charge in [0.2, 0.25) is 0 Å². The Kier molecular flexibility index (Phi) is 9.82. The fraction of sp³-hybridized carbons (Fsp3) is 0.667. The topological polar surface area (TPSA) is 63.2 Å². The Bertz CT molecular complexity index is 507. The first-order valence-corrected chi connectivity index (χ1v) is 8.72. The third-order valence-corrected chi connectivity index (χ3v) is 5.08. The van der Waals surface area contributed by atoms with E-state index < -0.39 is 0 Å². The Morgan fingerprint density at radius 1 is 1.08 bits per heavy atom. The molecule has 0 radical (unpaired) electrons. The molecule has 6 nitrogen and oxygen atoms in total. The number of rotatable bonds is 5. The van der Waals surface area contributed by atoms with Crippen molar-refractivity contribution in [2.24, 2.45) is 5.92 Å². The third-order valence-electron chi connectivity index (χ3n) is 5.08. The van der Waals surface area contributed by atoms with Crippen molar-refractivity contribution in [3.05, 3.63) is 17.7 Å². The van der Waals surface area contributed by atoms with E-state index in [0.717, 1.165) is 57.8 Å². The molecule has 0 aliphatic carbocycles. The van der Waals surface area contributed by atoms with Crippen molar-refractivity contribution >= 4 is 24.8 Å². The molecule has 1 aromatic rings. The molecule has 1 atom stereocenters. The van der Waals surface area contributed by atoms with Gasteiger partial charge in [0.25, 0.3) is 0 Å². The number of nitrogens with zero attached hydrogens (tertiary/aromatic N) is 1. The van der Waals surface area contributed by atoms with Crippen LogP contribution in [-0.4, -0.2) is 63.6 Å².